The van der Waals surface area contributed by atoms with Crippen molar-refractivity contribution >= 4 is 5.91 Å². The predicted molar refractivity (Wildman–Crippen MR) is 99.5 cm³/mol. The summed E-state index contributed by atoms with van der Waals surface area (Å²) in [6.45, 7) is 10.5. The second kappa shape index (κ2) is 12.8. The van der Waals surface area contributed by atoms with Gasteiger partial charge in [0.1, 0.15) is 5.75 Å². The second-order valence-electron chi connectivity index (χ2n) is 5.66. The largest absolute Gasteiger partial charge is 0.494 e. The minimum absolute atomic E-state index is 0.103. The molecule has 0 radical (unpaired) electrons. The summed E-state index contributed by atoms with van der Waals surface area (Å²) in [4.78, 5) is 16.0. The Hall–Kier alpha value is -1.59. The van der Waals surface area contributed by atoms with Gasteiger partial charge in [-0.15, -0.1) is 0 Å². The zero-order valence-corrected chi connectivity index (χ0v) is 15.5. The van der Waals surface area contributed by atoms with Crippen molar-refractivity contribution in [3.05, 3.63) is 30.3 Å². The van der Waals surface area contributed by atoms with Crippen molar-refractivity contribution in [1.29, 1.82) is 0 Å². The van der Waals surface area contributed by atoms with Crippen LogP contribution in [0.1, 0.15) is 26.7 Å². The van der Waals surface area contributed by atoms with Gasteiger partial charge < -0.3 is 15.0 Å². The Morgan fingerprint density at radius 1 is 1.04 bits per heavy atom. The van der Waals surface area contributed by atoms with E-state index in [-0.39, 0.29) is 5.91 Å². The lowest BCUT2D eigenvalue weighted by Gasteiger charge is -2.34. The van der Waals surface area contributed by atoms with Crippen molar-refractivity contribution in [3.63, 3.8) is 0 Å². The molecule has 0 unspecified atom stereocenters. The Morgan fingerprint density at radius 3 is 2.29 bits per heavy atom. The number of para-hydroxylation sites is 1. The Balaban J connectivity index is 0.00000139. The summed E-state index contributed by atoms with van der Waals surface area (Å²) >= 11 is 0. The van der Waals surface area contributed by atoms with Gasteiger partial charge in [-0.1, -0.05) is 32.0 Å². The minimum atomic E-state index is 0.103. The standard InChI is InChI=1S/C17H27N3O2.C2H6/c1-18-17(21)15-20-12-10-19(11-13-20)9-5-6-14-22-16-7-3-2-4-8-16;1-2/h2-4,7-8H,5-6,9-15H2,1H3,(H,18,21);1-2H3. The van der Waals surface area contributed by atoms with Crippen LogP contribution in [-0.4, -0.2) is 68.6 Å². The molecule has 1 aromatic carbocycles. The molecule has 1 aromatic rings. The fourth-order valence-electron chi connectivity index (χ4n) is 2.60. The van der Waals surface area contributed by atoms with E-state index in [1.54, 1.807) is 7.05 Å². The van der Waals surface area contributed by atoms with Gasteiger partial charge >= 0.3 is 0 Å². The van der Waals surface area contributed by atoms with Gasteiger partial charge in [0.15, 0.2) is 0 Å². The molecule has 0 saturated carbocycles. The fourth-order valence-corrected chi connectivity index (χ4v) is 2.60. The van der Waals surface area contributed by atoms with Gasteiger partial charge in [-0.3, -0.25) is 9.69 Å². The first-order chi connectivity index (χ1) is 11.8. The van der Waals surface area contributed by atoms with E-state index >= 15 is 0 Å². The summed E-state index contributed by atoms with van der Waals surface area (Å²) in [5.74, 6) is 1.05. The van der Waals surface area contributed by atoms with E-state index < -0.39 is 0 Å². The van der Waals surface area contributed by atoms with E-state index in [0.29, 0.717) is 6.54 Å². The van der Waals surface area contributed by atoms with Crippen LogP contribution in [0.3, 0.4) is 0 Å². The molecule has 1 aliphatic heterocycles. The number of unbranched alkanes of at least 4 members (excludes halogenated alkanes) is 1. The van der Waals surface area contributed by atoms with Crippen molar-refractivity contribution in [2.75, 3.05) is 52.9 Å². The van der Waals surface area contributed by atoms with Crippen LogP contribution in [0.15, 0.2) is 30.3 Å². The van der Waals surface area contributed by atoms with Crippen molar-refractivity contribution < 1.29 is 9.53 Å². The monoisotopic (exact) mass is 335 g/mol. The van der Waals surface area contributed by atoms with Crippen molar-refractivity contribution in [2.45, 2.75) is 26.7 Å². The van der Waals surface area contributed by atoms with Crippen LogP contribution in [0.4, 0.5) is 0 Å². The number of rotatable bonds is 8. The molecule has 1 amide bonds. The van der Waals surface area contributed by atoms with Gasteiger partial charge in [-0.05, 0) is 31.5 Å². The molecule has 5 nitrogen and oxygen atoms in total. The normalized spacial score (nSPS) is 15.3. The molecule has 2 rings (SSSR count). The molecule has 0 bridgehead atoms. The van der Waals surface area contributed by atoms with Crippen molar-refractivity contribution in [3.8, 4) is 5.75 Å². The first-order valence-corrected chi connectivity index (χ1v) is 9.11. The maximum atomic E-state index is 11.3. The topological polar surface area (TPSA) is 44.8 Å². The number of amides is 1. The number of nitrogens with one attached hydrogen (secondary N) is 1. The number of likely N-dealkylation sites (N-methyl/N-ethyl adjacent to an activating group) is 1. The number of ether oxygens (including phenoxy) is 1. The molecule has 5 heteroatoms. The van der Waals surface area contributed by atoms with Crippen LogP contribution >= 0.6 is 0 Å². The van der Waals surface area contributed by atoms with E-state index in [1.165, 1.54) is 0 Å². The number of benzene rings is 1. The Morgan fingerprint density at radius 2 is 1.67 bits per heavy atom. The first kappa shape index (κ1) is 20.5. The lowest BCUT2D eigenvalue weighted by Crippen LogP contribution is -2.49. The van der Waals surface area contributed by atoms with E-state index in [1.807, 2.05) is 44.2 Å². The van der Waals surface area contributed by atoms with Gasteiger partial charge in [-0.25, -0.2) is 0 Å². The SMILES string of the molecule is CC.CNC(=O)CN1CCN(CCCCOc2ccccc2)CC1. The zero-order chi connectivity index (χ0) is 17.6. The number of hydrogen-bond acceptors (Lipinski definition) is 4. The second-order valence-corrected chi connectivity index (χ2v) is 5.66. The molecular formula is C19H33N3O2. The highest BCUT2D eigenvalue weighted by atomic mass is 16.5. The molecule has 0 spiro atoms. The van der Waals surface area contributed by atoms with E-state index in [9.17, 15) is 4.79 Å². The van der Waals surface area contributed by atoms with Crippen molar-refractivity contribution in [2.24, 2.45) is 0 Å². The molecule has 1 N–H and O–H groups in total. The first-order valence-electron chi connectivity index (χ1n) is 9.11. The number of carbonyl (C=O) groups is 1. The summed E-state index contributed by atoms with van der Waals surface area (Å²) in [5, 5.41) is 2.68. The van der Waals surface area contributed by atoms with Gasteiger partial charge in [0.2, 0.25) is 5.91 Å². The lowest BCUT2D eigenvalue weighted by molar-refractivity contribution is -0.122. The van der Waals surface area contributed by atoms with Gasteiger partial charge in [-0.2, -0.15) is 0 Å². The van der Waals surface area contributed by atoms with Crippen LogP contribution in [0.25, 0.3) is 0 Å². The minimum Gasteiger partial charge on any atom is -0.494 e. The number of nitrogens with zero attached hydrogens (tertiary/aromatic N) is 2. The van der Waals surface area contributed by atoms with Crippen LogP contribution < -0.4 is 10.1 Å². The maximum Gasteiger partial charge on any atom is 0.233 e. The molecule has 1 aliphatic rings. The predicted octanol–water partition coefficient (Wildman–Crippen LogP) is 2.24. The van der Waals surface area contributed by atoms with Crippen molar-refractivity contribution in [1.82, 2.24) is 15.1 Å². The highest BCUT2D eigenvalue weighted by Crippen LogP contribution is 2.09. The van der Waals surface area contributed by atoms with Crippen LogP contribution in [0.2, 0.25) is 0 Å². The zero-order valence-electron chi connectivity index (χ0n) is 15.5. The quantitative estimate of drug-likeness (QED) is 0.740. The number of piperazine rings is 1. The van der Waals surface area contributed by atoms with E-state index in [4.69, 9.17) is 4.74 Å². The molecular weight excluding hydrogens is 302 g/mol. The molecule has 136 valence electrons. The highest BCUT2D eigenvalue weighted by Gasteiger charge is 2.17. The summed E-state index contributed by atoms with van der Waals surface area (Å²) in [5.41, 5.74) is 0. The summed E-state index contributed by atoms with van der Waals surface area (Å²) in [7, 11) is 1.69. The summed E-state index contributed by atoms with van der Waals surface area (Å²) < 4.78 is 5.70. The summed E-state index contributed by atoms with van der Waals surface area (Å²) in [6, 6.07) is 9.97. The molecule has 0 atom stereocenters. The number of carbonyl (C=O) groups excluding carboxylic acids is 1. The number of hydrogen-bond donors (Lipinski definition) is 1. The molecule has 1 heterocycles. The average molecular weight is 335 g/mol. The third-order valence-electron chi connectivity index (χ3n) is 3.99. The maximum absolute atomic E-state index is 11.3. The average Bonchev–Trinajstić information content (AvgIpc) is 2.65. The Kier molecular flexibility index (Phi) is 10.9. The molecule has 0 aromatic heterocycles. The highest BCUT2D eigenvalue weighted by molar-refractivity contribution is 5.77. The lowest BCUT2D eigenvalue weighted by atomic mass is 10.2. The third-order valence-corrected chi connectivity index (χ3v) is 3.99. The Labute approximate surface area is 147 Å². The molecule has 1 saturated heterocycles. The summed E-state index contributed by atoms with van der Waals surface area (Å²) in [6.07, 6.45) is 2.23. The van der Waals surface area contributed by atoms with Crippen LogP contribution in [-0.2, 0) is 4.79 Å². The van der Waals surface area contributed by atoms with Crippen LogP contribution in [0, 0.1) is 0 Å². The molecule has 24 heavy (non-hydrogen) atoms. The van der Waals surface area contributed by atoms with Gasteiger partial charge in [0, 0.05) is 33.2 Å². The van der Waals surface area contributed by atoms with Gasteiger partial charge in [0.25, 0.3) is 0 Å². The molecule has 0 aliphatic carbocycles. The van der Waals surface area contributed by atoms with Gasteiger partial charge in [0.05, 0.1) is 13.2 Å². The molecule has 1 fully saturated rings. The smallest absolute Gasteiger partial charge is 0.233 e. The third kappa shape index (κ3) is 8.31. The van der Waals surface area contributed by atoms with E-state index in [0.717, 1.165) is 57.9 Å². The fraction of sp³-hybridized carbons (Fsp3) is 0.632. The van der Waals surface area contributed by atoms with E-state index in [2.05, 4.69) is 15.1 Å². The Bertz CT molecular complexity index is 431. The van der Waals surface area contributed by atoms with Crippen LogP contribution in [0.5, 0.6) is 5.75 Å².